The lowest BCUT2D eigenvalue weighted by Gasteiger charge is -2.13. The molecule has 0 aliphatic heterocycles. The first kappa shape index (κ1) is 15.3. The average Bonchev–Trinajstić information content (AvgIpc) is 2.70. The molecular weight excluding hydrogens is 253 g/mol. The van der Waals surface area contributed by atoms with Crippen molar-refractivity contribution in [2.24, 2.45) is 0 Å². The van der Waals surface area contributed by atoms with Crippen LogP contribution in [-0.4, -0.2) is 43.5 Å². The van der Waals surface area contributed by atoms with Crippen molar-refractivity contribution >= 4 is 30.0 Å². The van der Waals surface area contributed by atoms with Gasteiger partial charge in [0.2, 0.25) is 5.76 Å². The summed E-state index contributed by atoms with van der Waals surface area (Å²) < 4.78 is 9.88. The number of carbonyl (C=O) groups excluding carboxylic acids is 1. The topological polar surface area (TPSA) is 42.7 Å². The number of esters is 1. The van der Waals surface area contributed by atoms with Gasteiger partial charge >= 0.3 is 5.97 Å². The van der Waals surface area contributed by atoms with Crippen LogP contribution in [0.2, 0.25) is 0 Å². The number of halogens is 2. The highest BCUT2D eigenvalue weighted by Gasteiger charge is 2.09. The Morgan fingerprint density at radius 1 is 1.56 bits per heavy atom. The molecule has 0 saturated heterocycles. The quantitative estimate of drug-likeness (QED) is 0.585. The second-order valence-electron chi connectivity index (χ2n) is 3.11. The maximum Gasteiger partial charge on any atom is 0.374 e. The van der Waals surface area contributed by atoms with Gasteiger partial charge in [-0.2, -0.15) is 0 Å². The zero-order valence-corrected chi connectivity index (χ0v) is 10.6. The van der Waals surface area contributed by atoms with E-state index in [4.69, 9.17) is 20.8 Å². The Bertz CT molecular complexity index is 290. The smallest absolute Gasteiger partial charge is 0.374 e. The number of nitrogens with zero attached hydrogens (tertiary/aromatic N) is 1. The van der Waals surface area contributed by atoms with Gasteiger partial charge in [-0.25, -0.2) is 4.79 Å². The van der Waals surface area contributed by atoms with Gasteiger partial charge in [0, 0.05) is 19.0 Å². The predicted octanol–water partition coefficient (Wildman–Crippen LogP) is 2.03. The summed E-state index contributed by atoms with van der Waals surface area (Å²) in [5.41, 5.74) is 0. The first-order valence-corrected chi connectivity index (χ1v) is 5.22. The molecule has 1 heterocycles. The van der Waals surface area contributed by atoms with Gasteiger partial charge in [-0.3, -0.25) is 0 Å². The summed E-state index contributed by atoms with van der Waals surface area (Å²) in [7, 11) is 1.92. The van der Waals surface area contributed by atoms with Crippen LogP contribution < -0.4 is 0 Å². The first-order chi connectivity index (χ1) is 7.24. The molecule has 0 aromatic carbocycles. The van der Waals surface area contributed by atoms with Crippen LogP contribution in [0, 0.1) is 0 Å². The van der Waals surface area contributed by atoms with E-state index < -0.39 is 5.97 Å². The molecule has 0 bridgehead atoms. The fraction of sp³-hybridized carbons (Fsp3) is 0.500. The van der Waals surface area contributed by atoms with Crippen LogP contribution in [-0.2, 0) is 4.74 Å². The molecular formula is C10H15Cl2NO3. The molecule has 0 aliphatic rings. The van der Waals surface area contributed by atoms with E-state index in [-0.39, 0.29) is 18.2 Å². The Labute approximate surface area is 106 Å². The lowest BCUT2D eigenvalue weighted by molar-refractivity contribution is 0.0439. The third-order valence-electron chi connectivity index (χ3n) is 1.89. The highest BCUT2D eigenvalue weighted by atomic mass is 35.5. The highest BCUT2D eigenvalue weighted by molar-refractivity contribution is 6.18. The van der Waals surface area contributed by atoms with Crippen LogP contribution in [0.15, 0.2) is 22.8 Å². The molecule has 0 unspecified atom stereocenters. The number of alkyl halides is 1. The summed E-state index contributed by atoms with van der Waals surface area (Å²) in [5.74, 6) is 0.372. The van der Waals surface area contributed by atoms with Crippen molar-refractivity contribution < 1.29 is 13.9 Å². The zero-order chi connectivity index (χ0) is 11.1. The molecule has 0 fully saturated rings. The largest absolute Gasteiger partial charge is 0.458 e. The van der Waals surface area contributed by atoms with Gasteiger partial charge in [0.1, 0.15) is 6.61 Å². The molecule has 4 nitrogen and oxygen atoms in total. The van der Waals surface area contributed by atoms with E-state index >= 15 is 0 Å². The van der Waals surface area contributed by atoms with Gasteiger partial charge in [-0.1, -0.05) is 0 Å². The predicted molar refractivity (Wildman–Crippen MR) is 64.5 cm³/mol. The van der Waals surface area contributed by atoms with Crippen LogP contribution in [0.4, 0.5) is 0 Å². The van der Waals surface area contributed by atoms with Crippen LogP contribution >= 0.6 is 24.0 Å². The lowest BCUT2D eigenvalue weighted by Crippen LogP contribution is -2.26. The van der Waals surface area contributed by atoms with Gasteiger partial charge in [0.05, 0.1) is 6.26 Å². The molecule has 0 amide bonds. The Morgan fingerprint density at radius 3 is 2.88 bits per heavy atom. The second-order valence-corrected chi connectivity index (χ2v) is 3.48. The van der Waals surface area contributed by atoms with Crippen LogP contribution in [0.25, 0.3) is 0 Å². The lowest BCUT2D eigenvalue weighted by atomic mass is 10.4. The number of hydrogen-bond acceptors (Lipinski definition) is 4. The van der Waals surface area contributed by atoms with Crippen LogP contribution in [0.3, 0.4) is 0 Å². The van der Waals surface area contributed by atoms with Gasteiger partial charge in [-0.05, 0) is 19.2 Å². The number of hydrogen-bond donors (Lipinski definition) is 0. The van der Waals surface area contributed by atoms with E-state index in [0.29, 0.717) is 19.0 Å². The molecule has 16 heavy (non-hydrogen) atoms. The molecule has 6 heteroatoms. The number of ether oxygens (including phenoxy) is 1. The molecule has 0 radical (unpaired) electrons. The van der Waals surface area contributed by atoms with Crippen LogP contribution in [0.1, 0.15) is 10.6 Å². The minimum Gasteiger partial charge on any atom is -0.458 e. The van der Waals surface area contributed by atoms with Gasteiger partial charge in [-0.15, -0.1) is 24.0 Å². The van der Waals surface area contributed by atoms with E-state index in [2.05, 4.69) is 0 Å². The van der Waals surface area contributed by atoms with Gasteiger partial charge in [0.25, 0.3) is 0 Å². The van der Waals surface area contributed by atoms with E-state index in [9.17, 15) is 4.79 Å². The summed E-state index contributed by atoms with van der Waals surface area (Å²) in [4.78, 5) is 13.3. The van der Waals surface area contributed by atoms with Gasteiger partial charge < -0.3 is 14.1 Å². The van der Waals surface area contributed by atoms with Gasteiger partial charge in [0.15, 0.2) is 0 Å². The average molecular weight is 268 g/mol. The number of likely N-dealkylation sites (N-methyl/N-ethyl adjacent to an activating group) is 1. The molecule has 1 aromatic rings. The summed E-state index contributed by atoms with van der Waals surface area (Å²) in [6, 6.07) is 3.22. The minimum atomic E-state index is -0.431. The molecule has 1 rings (SSSR count). The number of rotatable bonds is 6. The van der Waals surface area contributed by atoms with Crippen molar-refractivity contribution in [2.75, 3.05) is 32.6 Å². The minimum absolute atomic E-state index is 0. The fourth-order valence-corrected chi connectivity index (χ4v) is 1.30. The summed E-state index contributed by atoms with van der Waals surface area (Å²) >= 11 is 5.55. The van der Waals surface area contributed by atoms with Crippen molar-refractivity contribution in [3.05, 3.63) is 24.2 Å². The number of furan rings is 1. The Balaban J connectivity index is 0.00000225. The molecule has 1 aromatic heterocycles. The highest BCUT2D eigenvalue weighted by Crippen LogP contribution is 2.01. The SMILES string of the molecule is CN(CCCl)CCOC(=O)c1ccco1.Cl. The fourth-order valence-electron chi connectivity index (χ4n) is 1.02. The van der Waals surface area contributed by atoms with E-state index in [1.54, 1.807) is 12.1 Å². The Kier molecular flexibility index (Phi) is 8.07. The molecule has 0 spiro atoms. The summed E-state index contributed by atoms with van der Waals surface area (Å²) in [6.45, 7) is 1.78. The van der Waals surface area contributed by atoms with E-state index in [1.165, 1.54) is 6.26 Å². The summed E-state index contributed by atoms with van der Waals surface area (Å²) in [6.07, 6.45) is 1.44. The van der Waals surface area contributed by atoms with Crippen molar-refractivity contribution in [1.82, 2.24) is 4.90 Å². The first-order valence-electron chi connectivity index (χ1n) is 4.69. The van der Waals surface area contributed by atoms with E-state index in [0.717, 1.165) is 6.54 Å². The number of carbonyl (C=O) groups is 1. The molecule has 0 aliphatic carbocycles. The third kappa shape index (κ3) is 5.39. The molecule has 0 saturated carbocycles. The second kappa shape index (κ2) is 8.44. The van der Waals surface area contributed by atoms with Crippen molar-refractivity contribution in [3.8, 4) is 0 Å². The molecule has 92 valence electrons. The van der Waals surface area contributed by atoms with Crippen molar-refractivity contribution in [3.63, 3.8) is 0 Å². The maximum absolute atomic E-state index is 11.3. The van der Waals surface area contributed by atoms with Crippen molar-refractivity contribution in [1.29, 1.82) is 0 Å². The summed E-state index contributed by atoms with van der Waals surface area (Å²) in [5, 5.41) is 0. The van der Waals surface area contributed by atoms with Crippen molar-refractivity contribution in [2.45, 2.75) is 0 Å². The monoisotopic (exact) mass is 267 g/mol. The zero-order valence-electron chi connectivity index (χ0n) is 9.02. The maximum atomic E-state index is 11.3. The third-order valence-corrected chi connectivity index (χ3v) is 2.06. The molecule has 0 N–H and O–H groups in total. The Morgan fingerprint density at radius 2 is 2.31 bits per heavy atom. The standard InChI is InChI=1S/C10H14ClNO3.ClH/c1-12(5-4-11)6-8-15-10(13)9-3-2-7-14-9;/h2-3,7H,4-6,8H2,1H3;1H. The Hall–Kier alpha value is -0.710. The molecule has 0 atom stereocenters. The van der Waals surface area contributed by atoms with E-state index in [1.807, 2.05) is 11.9 Å². The van der Waals surface area contributed by atoms with Crippen LogP contribution in [0.5, 0.6) is 0 Å². The normalized spacial score (nSPS) is 9.94.